The van der Waals surface area contributed by atoms with E-state index in [0.717, 1.165) is 12.8 Å². The Balaban J connectivity index is 2.07. The lowest BCUT2D eigenvalue weighted by molar-refractivity contribution is 0.0432. The lowest BCUT2D eigenvalue weighted by Crippen LogP contribution is -2.18. The van der Waals surface area contributed by atoms with E-state index in [1.54, 1.807) is 11.6 Å². The summed E-state index contributed by atoms with van der Waals surface area (Å²) in [4.78, 5) is 10.8. The molecule has 0 saturated carbocycles. The number of carboxylic acid groups (broad SMARTS) is 1. The van der Waals surface area contributed by atoms with Gasteiger partial charge < -0.3 is 9.84 Å². The van der Waals surface area contributed by atoms with Crippen molar-refractivity contribution in [1.29, 1.82) is 0 Å². The van der Waals surface area contributed by atoms with Crippen LogP contribution in [0.3, 0.4) is 0 Å². The fraction of sp³-hybridized carbons (Fsp3) is 0.636. The Morgan fingerprint density at radius 2 is 2.44 bits per heavy atom. The molecule has 2 atom stereocenters. The highest BCUT2D eigenvalue weighted by atomic mass is 16.5. The smallest absolute Gasteiger partial charge is 0.339 e. The molecule has 0 aliphatic carbocycles. The zero-order valence-corrected chi connectivity index (χ0v) is 9.51. The van der Waals surface area contributed by atoms with Crippen LogP contribution in [0.2, 0.25) is 0 Å². The third-order valence-electron chi connectivity index (χ3n) is 3.03. The zero-order valence-electron chi connectivity index (χ0n) is 9.51. The van der Waals surface area contributed by atoms with Crippen LogP contribution in [0.1, 0.15) is 35.8 Å². The topological polar surface area (TPSA) is 64.3 Å². The van der Waals surface area contributed by atoms with Crippen LogP contribution in [-0.2, 0) is 11.3 Å². The molecule has 5 nitrogen and oxygen atoms in total. The summed E-state index contributed by atoms with van der Waals surface area (Å²) in [5.41, 5.74) is 0.960. The van der Waals surface area contributed by atoms with Crippen LogP contribution in [0.25, 0.3) is 0 Å². The van der Waals surface area contributed by atoms with Gasteiger partial charge in [0.25, 0.3) is 0 Å². The molecular weight excluding hydrogens is 208 g/mol. The van der Waals surface area contributed by atoms with Gasteiger partial charge in [0, 0.05) is 5.69 Å². The minimum atomic E-state index is -0.926. The van der Waals surface area contributed by atoms with Crippen LogP contribution >= 0.6 is 0 Å². The van der Waals surface area contributed by atoms with E-state index in [-0.39, 0.29) is 11.7 Å². The standard InChI is InChI=1S/C11H16N2O3/c1-7-3-4-9(16-7)6-13-8(2)10(5-12-13)11(14)15/h5,7,9H,3-4,6H2,1-2H3,(H,14,15). The molecule has 1 aliphatic rings. The molecule has 1 fully saturated rings. The van der Waals surface area contributed by atoms with E-state index in [0.29, 0.717) is 18.3 Å². The van der Waals surface area contributed by atoms with Gasteiger partial charge in [-0.1, -0.05) is 0 Å². The molecule has 0 amide bonds. The SMILES string of the molecule is Cc1c(C(=O)O)cnn1CC1CCC(C)O1. The van der Waals surface area contributed by atoms with Gasteiger partial charge in [0.1, 0.15) is 5.56 Å². The molecule has 2 rings (SSSR count). The number of ether oxygens (including phenoxy) is 1. The Morgan fingerprint density at radius 1 is 1.69 bits per heavy atom. The normalized spacial score (nSPS) is 24.9. The van der Waals surface area contributed by atoms with Crippen molar-refractivity contribution < 1.29 is 14.6 Å². The lowest BCUT2D eigenvalue weighted by atomic mass is 10.2. The van der Waals surface area contributed by atoms with Gasteiger partial charge in [-0.25, -0.2) is 4.79 Å². The molecule has 1 aromatic heterocycles. The summed E-state index contributed by atoms with van der Waals surface area (Å²) in [6.45, 7) is 4.47. The van der Waals surface area contributed by atoms with E-state index in [1.165, 1.54) is 6.20 Å². The maximum absolute atomic E-state index is 10.8. The fourth-order valence-electron chi connectivity index (χ4n) is 2.05. The van der Waals surface area contributed by atoms with E-state index in [9.17, 15) is 4.79 Å². The van der Waals surface area contributed by atoms with Gasteiger partial charge >= 0.3 is 5.97 Å². The van der Waals surface area contributed by atoms with E-state index < -0.39 is 5.97 Å². The number of rotatable bonds is 3. The Morgan fingerprint density at radius 3 is 2.94 bits per heavy atom. The molecule has 1 aromatic rings. The molecular formula is C11H16N2O3. The van der Waals surface area contributed by atoms with E-state index >= 15 is 0 Å². The van der Waals surface area contributed by atoms with Crippen LogP contribution in [-0.4, -0.2) is 33.1 Å². The van der Waals surface area contributed by atoms with Gasteiger partial charge in [0.05, 0.1) is 24.9 Å². The van der Waals surface area contributed by atoms with Gasteiger partial charge in [-0.3, -0.25) is 4.68 Å². The molecule has 2 heterocycles. The summed E-state index contributed by atoms with van der Waals surface area (Å²) in [5.74, 6) is -0.926. The molecule has 0 bridgehead atoms. The minimum Gasteiger partial charge on any atom is -0.478 e. The second kappa shape index (κ2) is 4.25. The molecule has 2 unspecified atom stereocenters. The highest BCUT2D eigenvalue weighted by Gasteiger charge is 2.23. The fourth-order valence-corrected chi connectivity index (χ4v) is 2.05. The number of carboxylic acids is 1. The monoisotopic (exact) mass is 224 g/mol. The van der Waals surface area contributed by atoms with Crippen LogP contribution in [0.4, 0.5) is 0 Å². The number of carbonyl (C=O) groups is 1. The number of hydrogen-bond acceptors (Lipinski definition) is 3. The highest BCUT2D eigenvalue weighted by molar-refractivity contribution is 5.88. The molecule has 88 valence electrons. The van der Waals surface area contributed by atoms with Crippen molar-refractivity contribution in [3.8, 4) is 0 Å². The van der Waals surface area contributed by atoms with Crippen molar-refractivity contribution >= 4 is 5.97 Å². The Labute approximate surface area is 94.0 Å². The summed E-state index contributed by atoms with van der Waals surface area (Å²) in [6, 6.07) is 0. The first-order valence-electron chi connectivity index (χ1n) is 5.49. The molecule has 0 spiro atoms. The number of aromatic nitrogens is 2. The predicted octanol–water partition coefficient (Wildman–Crippen LogP) is 1.46. The Bertz CT molecular complexity index is 400. The molecule has 1 saturated heterocycles. The van der Waals surface area contributed by atoms with Crippen molar-refractivity contribution in [3.63, 3.8) is 0 Å². The summed E-state index contributed by atoms with van der Waals surface area (Å²) >= 11 is 0. The van der Waals surface area contributed by atoms with Crippen molar-refractivity contribution in [1.82, 2.24) is 9.78 Å². The van der Waals surface area contributed by atoms with Crippen molar-refractivity contribution in [3.05, 3.63) is 17.5 Å². The minimum absolute atomic E-state index is 0.162. The summed E-state index contributed by atoms with van der Waals surface area (Å²) in [6.07, 6.45) is 3.95. The highest BCUT2D eigenvalue weighted by Crippen LogP contribution is 2.21. The van der Waals surface area contributed by atoms with Gasteiger partial charge in [-0.15, -0.1) is 0 Å². The third-order valence-corrected chi connectivity index (χ3v) is 3.03. The largest absolute Gasteiger partial charge is 0.478 e. The quantitative estimate of drug-likeness (QED) is 0.844. The second-order valence-corrected chi connectivity index (χ2v) is 4.28. The molecule has 0 aromatic carbocycles. The molecule has 16 heavy (non-hydrogen) atoms. The van der Waals surface area contributed by atoms with Gasteiger partial charge in [0.2, 0.25) is 0 Å². The molecule has 1 N–H and O–H groups in total. The first-order chi connectivity index (χ1) is 7.58. The van der Waals surface area contributed by atoms with E-state index in [4.69, 9.17) is 9.84 Å². The Hall–Kier alpha value is -1.36. The van der Waals surface area contributed by atoms with Gasteiger partial charge in [-0.2, -0.15) is 5.10 Å². The molecule has 5 heteroatoms. The second-order valence-electron chi connectivity index (χ2n) is 4.28. The van der Waals surface area contributed by atoms with Crippen LogP contribution < -0.4 is 0 Å². The number of hydrogen-bond donors (Lipinski definition) is 1. The average molecular weight is 224 g/mol. The first-order valence-corrected chi connectivity index (χ1v) is 5.49. The molecule has 0 radical (unpaired) electrons. The van der Waals surface area contributed by atoms with Gasteiger partial charge in [0.15, 0.2) is 0 Å². The van der Waals surface area contributed by atoms with Gasteiger partial charge in [-0.05, 0) is 26.7 Å². The Kier molecular flexibility index (Phi) is 2.96. The van der Waals surface area contributed by atoms with Crippen LogP contribution in [0, 0.1) is 6.92 Å². The van der Waals surface area contributed by atoms with Crippen molar-refractivity contribution in [2.45, 2.75) is 45.4 Å². The summed E-state index contributed by atoms with van der Waals surface area (Å²) in [5, 5.41) is 13.0. The number of aromatic carboxylic acids is 1. The predicted molar refractivity (Wildman–Crippen MR) is 57.5 cm³/mol. The summed E-state index contributed by atoms with van der Waals surface area (Å²) < 4.78 is 7.40. The average Bonchev–Trinajstić information content (AvgIpc) is 2.76. The van der Waals surface area contributed by atoms with Crippen LogP contribution in [0.15, 0.2) is 6.20 Å². The van der Waals surface area contributed by atoms with E-state index in [1.807, 2.05) is 0 Å². The van der Waals surface area contributed by atoms with Crippen molar-refractivity contribution in [2.75, 3.05) is 0 Å². The van der Waals surface area contributed by atoms with Crippen molar-refractivity contribution in [2.24, 2.45) is 0 Å². The zero-order chi connectivity index (χ0) is 11.7. The summed E-state index contributed by atoms with van der Waals surface area (Å²) in [7, 11) is 0. The third kappa shape index (κ3) is 2.09. The van der Waals surface area contributed by atoms with E-state index in [2.05, 4.69) is 12.0 Å². The maximum Gasteiger partial charge on any atom is 0.339 e. The first kappa shape index (κ1) is 11.1. The maximum atomic E-state index is 10.8. The van der Waals surface area contributed by atoms with Crippen LogP contribution in [0.5, 0.6) is 0 Å². The molecule has 1 aliphatic heterocycles. The number of nitrogens with zero attached hydrogens (tertiary/aromatic N) is 2. The lowest BCUT2D eigenvalue weighted by Gasteiger charge is -2.12.